The van der Waals surface area contributed by atoms with E-state index in [0.717, 1.165) is 22.3 Å². The van der Waals surface area contributed by atoms with E-state index in [1.54, 1.807) is 19.1 Å². The quantitative estimate of drug-likeness (QED) is 0.423. The third kappa shape index (κ3) is 5.73. The first-order chi connectivity index (χ1) is 13.2. The molecule has 144 valence electrons. The Labute approximate surface area is 175 Å². The van der Waals surface area contributed by atoms with E-state index in [9.17, 15) is 14.4 Å². The van der Waals surface area contributed by atoms with Crippen LogP contribution in [0.5, 0.6) is 0 Å². The molecule has 0 radical (unpaired) electrons. The average molecular weight is 440 g/mol. The fourth-order valence-electron chi connectivity index (χ4n) is 2.26. The topological polar surface area (TPSA) is 90.1 Å². The molecular weight excluding hydrogens is 427 g/mol. The first-order valence-corrected chi connectivity index (χ1v) is 8.93. The first kappa shape index (κ1) is 21.8. The van der Waals surface area contributed by atoms with Gasteiger partial charge >= 0.3 is 10.5 Å². The Morgan fingerprint density at radius 1 is 0.821 bits per heavy atom. The van der Waals surface area contributed by atoms with Crippen LogP contribution in [0, 0.1) is 13.8 Å². The predicted octanol–water partition coefficient (Wildman–Crippen LogP) is 4.92. The number of aryl methyl sites for hydroxylation is 2. The number of rotatable bonds is 4. The molecule has 0 unspecified atom stereocenters. The van der Waals surface area contributed by atoms with Gasteiger partial charge in [-0.3, -0.25) is 14.4 Å². The molecule has 0 saturated heterocycles. The molecule has 28 heavy (non-hydrogen) atoms. The van der Waals surface area contributed by atoms with E-state index < -0.39 is 15.7 Å². The summed E-state index contributed by atoms with van der Waals surface area (Å²) in [6.07, 6.45) is 0. The van der Waals surface area contributed by atoms with Gasteiger partial charge in [0.15, 0.2) is 0 Å². The van der Waals surface area contributed by atoms with E-state index in [-0.39, 0.29) is 0 Å². The standard InChI is InChI=1S/C17H13ClN2O2.C2Cl2O2/c1-10-3-4-14(17-20-19-11(2)22-17)9-15(10)12-5-7-13(8-6-12)16(18)21;3-1(5)2(4)6/h3-9H,1-2H3;. The van der Waals surface area contributed by atoms with Crippen LogP contribution in [0.1, 0.15) is 21.8 Å². The largest absolute Gasteiger partial charge is 0.421 e. The molecule has 0 aliphatic heterocycles. The van der Waals surface area contributed by atoms with Gasteiger partial charge in [0.2, 0.25) is 11.8 Å². The second kappa shape index (κ2) is 9.59. The summed E-state index contributed by atoms with van der Waals surface area (Å²) < 4.78 is 5.47. The normalized spacial score (nSPS) is 10.0. The Morgan fingerprint density at radius 3 is 1.86 bits per heavy atom. The molecule has 6 nitrogen and oxygen atoms in total. The van der Waals surface area contributed by atoms with Crippen molar-refractivity contribution in [2.45, 2.75) is 13.8 Å². The fourth-order valence-corrected chi connectivity index (χ4v) is 2.39. The zero-order chi connectivity index (χ0) is 20.8. The maximum atomic E-state index is 11.1. The van der Waals surface area contributed by atoms with E-state index in [1.807, 2.05) is 37.3 Å². The van der Waals surface area contributed by atoms with Gasteiger partial charge in [0.1, 0.15) is 0 Å². The van der Waals surface area contributed by atoms with Crippen LogP contribution in [0.3, 0.4) is 0 Å². The Balaban J connectivity index is 0.000000409. The first-order valence-electron chi connectivity index (χ1n) is 7.79. The van der Waals surface area contributed by atoms with Crippen LogP contribution in [-0.4, -0.2) is 25.9 Å². The average Bonchev–Trinajstić information content (AvgIpc) is 3.09. The van der Waals surface area contributed by atoms with E-state index in [2.05, 4.69) is 33.4 Å². The van der Waals surface area contributed by atoms with Gasteiger partial charge in [-0.2, -0.15) is 0 Å². The monoisotopic (exact) mass is 438 g/mol. The molecule has 3 rings (SSSR count). The van der Waals surface area contributed by atoms with Gasteiger partial charge in [0, 0.05) is 18.1 Å². The molecule has 2 aromatic carbocycles. The van der Waals surface area contributed by atoms with Gasteiger partial charge < -0.3 is 4.42 Å². The molecule has 1 heterocycles. The minimum absolute atomic E-state index is 0.460. The number of hydrogen-bond donors (Lipinski definition) is 0. The summed E-state index contributed by atoms with van der Waals surface area (Å²) >= 11 is 14.5. The van der Waals surface area contributed by atoms with Crippen LogP contribution >= 0.6 is 34.8 Å². The fraction of sp³-hybridized carbons (Fsp3) is 0.105. The van der Waals surface area contributed by atoms with E-state index in [1.165, 1.54) is 0 Å². The van der Waals surface area contributed by atoms with Crippen LogP contribution in [0.2, 0.25) is 0 Å². The van der Waals surface area contributed by atoms with Crippen molar-refractivity contribution < 1.29 is 18.8 Å². The minimum Gasteiger partial charge on any atom is -0.421 e. The number of halogens is 3. The van der Waals surface area contributed by atoms with Gasteiger partial charge in [-0.25, -0.2) is 0 Å². The molecule has 9 heteroatoms. The second-order valence-corrected chi connectivity index (χ2v) is 6.58. The van der Waals surface area contributed by atoms with Gasteiger partial charge in [-0.15, -0.1) is 10.2 Å². The lowest BCUT2D eigenvalue weighted by Gasteiger charge is -2.08. The lowest BCUT2D eigenvalue weighted by Crippen LogP contribution is -1.94. The number of carbonyl (C=O) groups is 3. The molecule has 0 amide bonds. The van der Waals surface area contributed by atoms with Crippen LogP contribution in [-0.2, 0) is 9.59 Å². The maximum absolute atomic E-state index is 11.1. The Morgan fingerprint density at radius 2 is 1.39 bits per heavy atom. The maximum Gasteiger partial charge on any atom is 0.304 e. The Kier molecular flexibility index (Phi) is 7.45. The molecule has 3 aromatic rings. The predicted molar refractivity (Wildman–Crippen MR) is 107 cm³/mol. The molecule has 0 aliphatic rings. The Hall–Kier alpha value is -2.54. The SMILES string of the molecule is Cc1nnc(-c2ccc(C)c(-c3ccc(C(=O)Cl)cc3)c2)o1.O=C(Cl)C(=O)Cl. The Bertz CT molecular complexity index is 1020. The second-order valence-electron chi connectivity index (χ2n) is 5.55. The van der Waals surface area contributed by atoms with Crippen molar-refractivity contribution in [3.8, 4) is 22.6 Å². The molecule has 0 bridgehead atoms. The van der Waals surface area contributed by atoms with Crippen molar-refractivity contribution in [2.75, 3.05) is 0 Å². The molecule has 1 aromatic heterocycles. The zero-order valence-corrected chi connectivity index (χ0v) is 17.0. The van der Waals surface area contributed by atoms with E-state index in [4.69, 9.17) is 16.0 Å². The number of nitrogens with zero attached hydrogens (tertiary/aromatic N) is 2. The third-order valence-corrected chi connectivity index (χ3v) is 4.25. The number of carbonyl (C=O) groups excluding carboxylic acids is 3. The van der Waals surface area contributed by atoms with Crippen LogP contribution in [0.4, 0.5) is 0 Å². The lowest BCUT2D eigenvalue weighted by molar-refractivity contribution is -0.127. The molecule has 0 aliphatic carbocycles. The zero-order valence-electron chi connectivity index (χ0n) is 14.7. The highest BCUT2D eigenvalue weighted by molar-refractivity contribution is 6.97. The summed E-state index contributed by atoms with van der Waals surface area (Å²) in [4.78, 5) is 30.0. The minimum atomic E-state index is -1.14. The molecule has 0 atom stereocenters. The summed E-state index contributed by atoms with van der Waals surface area (Å²) in [5, 5.41) is 5.15. The number of aromatic nitrogens is 2. The van der Waals surface area contributed by atoms with Crippen molar-refractivity contribution in [1.29, 1.82) is 0 Å². The lowest BCUT2D eigenvalue weighted by atomic mass is 9.97. The van der Waals surface area contributed by atoms with Crippen molar-refractivity contribution in [3.63, 3.8) is 0 Å². The van der Waals surface area contributed by atoms with Crippen molar-refractivity contribution >= 4 is 50.5 Å². The summed E-state index contributed by atoms with van der Waals surface area (Å²) in [7, 11) is 0. The summed E-state index contributed by atoms with van der Waals surface area (Å²) in [5.41, 5.74) is 4.49. The highest BCUT2D eigenvalue weighted by Gasteiger charge is 2.10. The number of benzene rings is 2. The van der Waals surface area contributed by atoms with Gasteiger partial charge in [0.25, 0.3) is 5.24 Å². The van der Waals surface area contributed by atoms with Crippen molar-refractivity contribution in [2.24, 2.45) is 0 Å². The molecule has 0 spiro atoms. The highest BCUT2D eigenvalue weighted by Crippen LogP contribution is 2.29. The summed E-state index contributed by atoms with van der Waals surface area (Å²) in [6, 6.07) is 13.1. The molecule has 0 N–H and O–H groups in total. The van der Waals surface area contributed by atoms with E-state index in [0.29, 0.717) is 17.3 Å². The summed E-state index contributed by atoms with van der Waals surface area (Å²) in [6.45, 7) is 3.78. The van der Waals surface area contributed by atoms with Crippen LogP contribution < -0.4 is 0 Å². The smallest absolute Gasteiger partial charge is 0.304 e. The van der Waals surface area contributed by atoms with Crippen LogP contribution in [0.15, 0.2) is 46.9 Å². The van der Waals surface area contributed by atoms with Crippen LogP contribution in [0.25, 0.3) is 22.6 Å². The van der Waals surface area contributed by atoms with Gasteiger partial charge in [-0.1, -0.05) is 18.2 Å². The molecule has 0 saturated carbocycles. The van der Waals surface area contributed by atoms with Crippen molar-refractivity contribution in [1.82, 2.24) is 10.2 Å². The molecular formula is C19H13Cl3N2O4. The van der Waals surface area contributed by atoms with Crippen molar-refractivity contribution in [3.05, 3.63) is 59.5 Å². The van der Waals surface area contributed by atoms with E-state index >= 15 is 0 Å². The van der Waals surface area contributed by atoms with Gasteiger partial charge in [0.05, 0.1) is 0 Å². The highest BCUT2D eigenvalue weighted by atomic mass is 35.5. The summed E-state index contributed by atoms with van der Waals surface area (Å²) in [5.74, 6) is 1.02. The number of hydrogen-bond acceptors (Lipinski definition) is 6. The van der Waals surface area contributed by atoms with Gasteiger partial charge in [-0.05, 0) is 82.7 Å². The third-order valence-electron chi connectivity index (χ3n) is 3.59. The molecule has 0 fully saturated rings.